The molecule has 24 heavy (non-hydrogen) atoms. The van der Waals surface area contributed by atoms with E-state index in [1.54, 1.807) is 12.1 Å². The summed E-state index contributed by atoms with van der Waals surface area (Å²) in [6, 6.07) is 12.6. The van der Waals surface area contributed by atoms with Crippen molar-refractivity contribution >= 4 is 54.5 Å². The fraction of sp³-hybridized carbons (Fsp3) is 0.118. The van der Waals surface area contributed by atoms with Crippen molar-refractivity contribution in [2.75, 3.05) is 11.9 Å². The molecule has 1 heterocycles. The van der Waals surface area contributed by atoms with Gasteiger partial charge in [-0.25, -0.2) is 9.78 Å². The number of fused-ring (bicyclic) bond motifs is 1. The van der Waals surface area contributed by atoms with E-state index in [2.05, 4.69) is 26.2 Å². The molecular formula is C17H13BrN2O3S. The molecular weight excluding hydrogens is 392 g/mol. The average molecular weight is 405 g/mol. The van der Waals surface area contributed by atoms with E-state index in [9.17, 15) is 9.59 Å². The van der Waals surface area contributed by atoms with Crippen LogP contribution in [0, 0.1) is 6.92 Å². The molecule has 0 aliphatic heterocycles. The molecule has 0 aliphatic carbocycles. The minimum Gasteiger partial charge on any atom is -0.452 e. The third-order valence-electron chi connectivity index (χ3n) is 3.22. The van der Waals surface area contributed by atoms with E-state index in [0.29, 0.717) is 10.7 Å². The van der Waals surface area contributed by atoms with Crippen LogP contribution in [0.2, 0.25) is 0 Å². The number of nitrogens with one attached hydrogen (secondary N) is 1. The summed E-state index contributed by atoms with van der Waals surface area (Å²) >= 11 is 4.75. The zero-order valence-corrected chi connectivity index (χ0v) is 15.1. The molecule has 122 valence electrons. The number of anilines is 1. The van der Waals surface area contributed by atoms with E-state index in [-0.39, 0.29) is 6.61 Å². The molecule has 0 spiro atoms. The van der Waals surface area contributed by atoms with Crippen molar-refractivity contribution in [3.05, 3.63) is 58.1 Å². The Morgan fingerprint density at radius 3 is 2.71 bits per heavy atom. The van der Waals surface area contributed by atoms with Gasteiger partial charge >= 0.3 is 5.97 Å². The van der Waals surface area contributed by atoms with E-state index in [1.165, 1.54) is 11.3 Å². The van der Waals surface area contributed by atoms with Crippen LogP contribution in [-0.2, 0) is 9.53 Å². The fourth-order valence-corrected chi connectivity index (χ4v) is 3.45. The molecule has 0 atom stereocenters. The number of ether oxygens (including phenoxy) is 1. The van der Waals surface area contributed by atoms with Crippen LogP contribution < -0.4 is 5.32 Å². The third-order valence-corrected chi connectivity index (χ3v) is 4.65. The Labute approximate surface area is 150 Å². The van der Waals surface area contributed by atoms with Crippen molar-refractivity contribution in [1.29, 1.82) is 0 Å². The van der Waals surface area contributed by atoms with Crippen molar-refractivity contribution in [3.8, 4) is 0 Å². The summed E-state index contributed by atoms with van der Waals surface area (Å²) in [4.78, 5) is 28.1. The molecule has 0 fully saturated rings. The first-order valence-corrected chi connectivity index (χ1v) is 8.72. The van der Waals surface area contributed by atoms with Crippen molar-refractivity contribution in [1.82, 2.24) is 4.98 Å². The van der Waals surface area contributed by atoms with Gasteiger partial charge in [0.05, 0.1) is 15.8 Å². The highest BCUT2D eigenvalue weighted by Gasteiger charge is 2.12. The number of carbonyl (C=O) groups excluding carboxylic acids is 2. The number of hydrogen-bond donors (Lipinski definition) is 1. The van der Waals surface area contributed by atoms with Gasteiger partial charge in [-0.1, -0.05) is 45.0 Å². The molecule has 0 saturated carbocycles. The minimum atomic E-state index is -0.529. The number of benzene rings is 2. The van der Waals surface area contributed by atoms with Gasteiger partial charge in [0.2, 0.25) is 0 Å². The smallest absolute Gasteiger partial charge is 0.338 e. The number of aryl methyl sites for hydroxylation is 1. The maximum atomic E-state index is 11.9. The zero-order chi connectivity index (χ0) is 17.1. The number of hydrogen-bond acceptors (Lipinski definition) is 5. The molecule has 1 aromatic heterocycles. The Balaban J connectivity index is 1.58. The van der Waals surface area contributed by atoms with E-state index in [0.717, 1.165) is 20.3 Å². The van der Waals surface area contributed by atoms with Crippen LogP contribution in [-0.4, -0.2) is 23.5 Å². The Hall–Kier alpha value is -2.25. The van der Waals surface area contributed by atoms with Crippen LogP contribution in [0.15, 0.2) is 46.9 Å². The van der Waals surface area contributed by atoms with Crippen LogP contribution in [0.4, 0.5) is 5.13 Å². The lowest BCUT2D eigenvalue weighted by Gasteiger charge is -2.04. The number of thiazole rings is 1. The molecule has 1 N–H and O–H groups in total. The second kappa shape index (κ2) is 7.11. The number of halogens is 1. The molecule has 0 radical (unpaired) electrons. The summed E-state index contributed by atoms with van der Waals surface area (Å²) in [6.45, 7) is 1.57. The van der Waals surface area contributed by atoms with E-state index in [1.807, 2.05) is 37.3 Å². The predicted molar refractivity (Wildman–Crippen MR) is 97.4 cm³/mol. The lowest BCUT2D eigenvalue weighted by molar-refractivity contribution is -0.119. The number of rotatable bonds is 4. The van der Waals surface area contributed by atoms with Crippen LogP contribution in [0.25, 0.3) is 10.2 Å². The van der Waals surface area contributed by atoms with Crippen LogP contribution in [0.1, 0.15) is 15.9 Å². The van der Waals surface area contributed by atoms with Gasteiger partial charge in [0.1, 0.15) is 0 Å². The highest BCUT2D eigenvalue weighted by molar-refractivity contribution is 9.10. The Morgan fingerprint density at radius 1 is 1.21 bits per heavy atom. The monoisotopic (exact) mass is 404 g/mol. The zero-order valence-electron chi connectivity index (χ0n) is 12.7. The van der Waals surface area contributed by atoms with Gasteiger partial charge in [-0.05, 0) is 37.3 Å². The molecule has 3 rings (SSSR count). The van der Waals surface area contributed by atoms with Gasteiger partial charge in [0.15, 0.2) is 11.7 Å². The normalized spacial score (nSPS) is 10.6. The largest absolute Gasteiger partial charge is 0.452 e. The number of amides is 1. The average Bonchev–Trinajstić information content (AvgIpc) is 2.94. The van der Waals surface area contributed by atoms with Gasteiger partial charge in [-0.3, -0.25) is 10.1 Å². The van der Waals surface area contributed by atoms with E-state index < -0.39 is 11.9 Å². The number of carbonyl (C=O) groups is 2. The van der Waals surface area contributed by atoms with Gasteiger partial charge in [0, 0.05) is 4.47 Å². The molecule has 0 saturated heterocycles. The summed E-state index contributed by atoms with van der Waals surface area (Å²) in [6.07, 6.45) is 0. The third kappa shape index (κ3) is 3.98. The highest BCUT2D eigenvalue weighted by Crippen LogP contribution is 2.28. The summed E-state index contributed by atoms with van der Waals surface area (Å²) in [7, 11) is 0. The van der Waals surface area contributed by atoms with Crippen LogP contribution in [0.5, 0.6) is 0 Å². The Kier molecular flexibility index (Phi) is 4.92. The maximum Gasteiger partial charge on any atom is 0.338 e. The molecule has 3 aromatic rings. The Morgan fingerprint density at radius 2 is 1.96 bits per heavy atom. The number of aromatic nitrogens is 1. The summed E-state index contributed by atoms with van der Waals surface area (Å²) < 4.78 is 6.92. The molecule has 0 bridgehead atoms. The first-order chi connectivity index (χ1) is 11.5. The van der Waals surface area contributed by atoms with Crippen molar-refractivity contribution < 1.29 is 14.3 Å². The second-order valence-electron chi connectivity index (χ2n) is 5.12. The van der Waals surface area contributed by atoms with E-state index >= 15 is 0 Å². The highest BCUT2D eigenvalue weighted by atomic mass is 79.9. The molecule has 1 amide bonds. The van der Waals surface area contributed by atoms with Gasteiger partial charge in [0.25, 0.3) is 5.91 Å². The topological polar surface area (TPSA) is 68.3 Å². The number of esters is 1. The van der Waals surface area contributed by atoms with Gasteiger partial charge < -0.3 is 4.74 Å². The molecule has 2 aromatic carbocycles. The Bertz CT molecular complexity index is 906. The summed E-state index contributed by atoms with van der Waals surface area (Å²) in [5, 5.41) is 3.11. The molecule has 0 unspecified atom stereocenters. The first-order valence-electron chi connectivity index (χ1n) is 7.11. The SMILES string of the molecule is Cc1ccc(C(=O)OCC(=O)Nc2nc3ccc(Br)cc3s2)cc1. The maximum absolute atomic E-state index is 11.9. The quantitative estimate of drug-likeness (QED) is 0.662. The van der Waals surface area contributed by atoms with Crippen molar-refractivity contribution in [3.63, 3.8) is 0 Å². The lowest BCUT2D eigenvalue weighted by atomic mass is 10.1. The first kappa shape index (κ1) is 16.6. The minimum absolute atomic E-state index is 0.355. The summed E-state index contributed by atoms with van der Waals surface area (Å²) in [5.74, 6) is -0.952. The molecule has 7 heteroatoms. The predicted octanol–water partition coefficient (Wildman–Crippen LogP) is 4.16. The van der Waals surface area contributed by atoms with Crippen LogP contribution in [0.3, 0.4) is 0 Å². The van der Waals surface area contributed by atoms with Gasteiger partial charge in [-0.15, -0.1) is 0 Å². The molecule has 5 nitrogen and oxygen atoms in total. The van der Waals surface area contributed by atoms with Crippen LogP contribution >= 0.6 is 27.3 Å². The standard InChI is InChI=1S/C17H13BrN2O3S/c1-10-2-4-11(5-3-10)16(22)23-9-15(21)20-17-19-13-7-6-12(18)8-14(13)24-17/h2-8H,9H2,1H3,(H,19,20,21). The van der Waals surface area contributed by atoms with Crippen molar-refractivity contribution in [2.24, 2.45) is 0 Å². The molecule has 0 aliphatic rings. The van der Waals surface area contributed by atoms with E-state index in [4.69, 9.17) is 4.74 Å². The number of nitrogens with zero attached hydrogens (tertiary/aromatic N) is 1. The summed E-state index contributed by atoms with van der Waals surface area (Å²) in [5.41, 5.74) is 2.26. The lowest BCUT2D eigenvalue weighted by Crippen LogP contribution is -2.20. The second-order valence-corrected chi connectivity index (χ2v) is 7.07. The van der Waals surface area contributed by atoms with Gasteiger partial charge in [-0.2, -0.15) is 0 Å². The van der Waals surface area contributed by atoms with Crippen molar-refractivity contribution in [2.45, 2.75) is 6.92 Å². The fourth-order valence-electron chi connectivity index (χ4n) is 2.01.